The molecule has 0 aliphatic heterocycles. The van der Waals surface area contributed by atoms with Crippen LogP contribution in [0.15, 0.2) is 12.3 Å². The summed E-state index contributed by atoms with van der Waals surface area (Å²) in [5.41, 5.74) is 0.931. The van der Waals surface area contributed by atoms with Crippen LogP contribution in [0.5, 0.6) is 0 Å². The van der Waals surface area contributed by atoms with Gasteiger partial charge in [-0.15, -0.1) is 0 Å². The number of ether oxygens (including phenoxy) is 1. The fourth-order valence-electron chi connectivity index (χ4n) is 2.14. The van der Waals surface area contributed by atoms with E-state index >= 15 is 0 Å². The van der Waals surface area contributed by atoms with Gasteiger partial charge in [0.15, 0.2) is 0 Å². The molecule has 0 fully saturated rings. The minimum atomic E-state index is -0.179. The second-order valence-electron chi connectivity index (χ2n) is 5.23. The third kappa shape index (κ3) is 4.42. The fourth-order valence-corrected chi connectivity index (χ4v) is 2.14. The first-order valence-corrected chi connectivity index (χ1v) is 6.85. The lowest BCUT2D eigenvalue weighted by molar-refractivity contribution is -0.0382. The zero-order valence-electron chi connectivity index (χ0n) is 12.4. The van der Waals surface area contributed by atoms with Gasteiger partial charge in [0.1, 0.15) is 0 Å². The highest BCUT2D eigenvalue weighted by Crippen LogP contribution is 2.18. The molecule has 1 rings (SSSR count). The Kier molecular flexibility index (Phi) is 5.82. The van der Waals surface area contributed by atoms with Crippen LogP contribution in [0.2, 0.25) is 0 Å². The van der Waals surface area contributed by atoms with Crippen LogP contribution in [0.4, 0.5) is 0 Å². The van der Waals surface area contributed by atoms with Crippen LogP contribution >= 0.6 is 0 Å². The van der Waals surface area contributed by atoms with Crippen molar-refractivity contribution in [2.45, 2.75) is 52.2 Å². The van der Waals surface area contributed by atoms with Crippen molar-refractivity contribution < 1.29 is 4.74 Å². The monoisotopic (exact) mass is 253 g/mol. The van der Waals surface area contributed by atoms with Gasteiger partial charge in [-0.05, 0) is 39.8 Å². The molecule has 0 radical (unpaired) electrons. The Morgan fingerprint density at radius 2 is 2.17 bits per heavy atom. The number of hydrogen-bond acceptors (Lipinski definition) is 3. The maximum absolute atomic E-state index is 5.87. The molecule has 18 heavy (non-hydrogen) atoms. The van der Waals surface area contributed by atoms with Gasteiger partial charge in [-0.25, -0.2) is 0 Å². The van der Waals surface area contributed by atoms with E-state index in [9.17, 15) is 0 Å². The molecule has 104 valence electrons. The van der Waals surface area contributed by atoms with E-state index < -0.39 is 0 Å². The summed E-state index contributed by atoms with van der Waals surface area (Å²) in [4.78, 5) is 0. The topological polar surface area (TPSA) is 39.1 Å². The maximum atomic E-state index is 5.87. The van der Waals surface area contributed by atoms with Gasteiger partial charge < -0.3 is 10.1 Å². The first kappa shape index (κ1) is 15.2. The Hall–Kier alpha value is -0.870. The SMILES string of the molecule is CCCNC(Cc1ccn(C)n1)C(C)(C)OCC. The highest BCUT2D eigenvalue weighted by atomic mass is 16.5. The maximum Gasteiger partial charge on any atom is 0.0782 e. The molecule has 1 heterocycles. The molecule has 0 bridgehead atoms. The van der Waals surface area contributed by atoms with Gasteiger partial charge in [0.05, 0.1) is 11.3 Å². The smallest absolute Gasteiger partial charge is 0.0782 e. The zero-order valence-corrected chi connectivity index (χ0v) is 12.4. The summed E-state index contributed by atoms with van der Waals surface area (Å²) in [5, 5.41) is 8.03. The molecule has 0 aliphatic carbocycles. The minimum absolute atomic E-state index is 0.179. The van der Waals surface area contributed by atoms with E-state index in [1.54, 1.807) is 0 Å². The minimum Gasteiger partial charge on any atom is -0.374 e. The predicted molar refractivity (Wildman–Crippen MR) is 74.7 cm³/mol. The summed E-state index contributed by atoms with van der Waals surface area (Å²) >= 11 is 0. The van der Waals surface area contributed by atoms with Crippen molar-refractivity contribution in [2.75, 3.05) is 13.2 Å². The van der Waals surface area contributed by atoms with Gasteiger partial charge in [-0.2, -0.15) is 5.10 Å². The van der Waals surface area contributed by atoms with Gasteiger partial charge in [0.2, 0.25) is 0 Å². The Labute approximate surface area is 111 Å². The molecule has 0 aromatic carbocycles. The standard InChI is InChI=1S/C14H27N3O/c1-6-9-15-13(14(3,4)18-7-2)11-12-8-10-17(5)16-12/h8,10,13,15H,6-7,9,11H2,1-5H3. The number of hydrogen-bond donors (Lipinski definition) is 1. The number of aromatic nitrogens is 2. The molecule has 0 saturated carbocycles. The van der Waals surface area contributed by atoms with Crippen LogP contribution in [0.25, 0.3) is 0 Å². The van der Waals surface area contributed by atoms with E-state index in [2.05, 4.69) is 37.3 Å². The van der Waals surface area contributed by atoms with Crippen LogP contribution in [-0.4, -0.2) is 34.6 Å². The largest absolute Gasteiger partial charge is 0.374 e. The van der Waals surface area contributed by atoms with Crippen LogP contribution in [0.1, 0.15) is 39.8 Å². The van der Waals surface area contributed by atoms with E-state index in [1.165, 1.54) is 0 Å². The van der Waals surface area contributed by atoms with Crippen molar-refractivity contribution in [2.24, 2.45) is 7.05 Å². The molecule has 1 aromatic heterocycles. The Morgan fingerprint density at radius 1 is 1.44 bits per heavy atom. The Balaban J connectivity index is 2.71. The molecule has 1 aromatic rings. The van der Waals surface area contributed by atoms with Crippen LogP contribution in [-0.2, 0) is 18.2 Å². The third-order valence-corrected chi connectivity index (χ3v) is 3.18. The molecule has 0 aliphatic rings. The molecule has 0 spiro atoms. The number of aryl methyl sites for hydroxylation is 1. The molecule has 0 amide bonds. The van der Waals surface area contributed by atoms with Crippen LogP contribution < -0.4 is 5.32 Å². The lowest BCUT2D eigenvalue weighted by atomic mass is 9.94. The first-order chi connectivity index (χ1) is 8.49. The van der Waals surface area contributed by atoms with E-state index in [-0.39, 0.29) is 11.6 Å². The van der Waals surface area contributed by atoms with E-state index in [0.29, 0.717) is 0 Å². The van der Waals surface area contributed by atoms with Crippen molar-refractivity contribution in [3.05, 3.63) is 18.0 Å². The lowest BCUT2D eigenvalue weighted by Gasteiger charge is -2.34. The number of nitrogens with one attached hydrogen (secondary N) is 1. The van der Waals surface area contributed by atoms with Crippen LogP contribution in [0, 0.1) is 0 Å². The van der Waals surface area contributed by atoms with Crippen molar-refractivity contribution in [3.63, 3.8) is 0 Å². The summed E-state index contributed by atoms with van der Waals surface area (Å²) in [6, 6.07) is 2.36. The van der Waals surface area contributed by atoms with Crippen LogP contribution in [0.3, 0.4) is 0 Å². The van der Waals surface area contributed by atoms with E-state index in [4.69, 9.17) is 4.74 Å². The highest BCUT2D eigenvalue weighted by molar-refractivity contribution is 5.04. The highest BCUT2D eigenvalue weighted by Gasteiger charge is 2.30. The molecule has 1 N–H and O–H groups in total. The lowest BCUT2D eigenvalue weighted by Crippen LogP contribution is -2.50. The molecule has 1 atom stereocenters. The Morgan fingerprint density at radius 3 is 2.67 bits per heavy atom. The average molecular weight is 253 g/mol. The van der Waals surface area contributed by atoms with Crippen molar-refractivity contribution in [1.82, 2.24) is 15.1 Å². The van der Waals surface area contributed by atoms with E-state index in [1.807, 2.05) is 24.9 Å². The molecular weight excluding hydrogens is 226 g/mol. The van der Waals surface area contributed by atoms with Gasteiger partial charge in [0.25, 0.3) is 0 Å². The second-order valence-corrected chi connectivity index (χ2v) is 5.23. The zero-order chi connectivity index (χ0) is 13.6. The summed E-state index contributed by atoms with van der Waals surface area (Å²) in [6.07, 6.45) is 4.01. The summed E-state index contributed by atoms with van der Waals surface area (Å²) < 4.78 is 7.72. The summed E-state index contributed by atoms with van der Waals surface area (Å²) in [5.74, 6) is 0. The molecule has 1 unspecified atom stereocenters. The predicted octanol–water partition coefficient (Wildman–Crippen LogP) is 2.15. The summed E-state index contributed by atoms with van der Waals surface area (Å²) in [7, 11) is 1.95. The van der Waals surface area contributed by atoms with Crippen molar-refractivity contribution in [1.29, 1.82) is 0 Å². The fraction of sp³-hybridized carbons (Fsp3) is 0.786. The quantitative estimate of drug-likeness (QED) is 0.771. The van der Waals surface area contributed by atoms with Crippen molar-refractivity contribution in [3.8, 4) is 0 Å². The summed E-state index contributed by atoms with van der Waals surface area (Å²) in [6.45, 7) is 10.3. The van der Waals surface area contributed by atoms with E-state index in [0.717, 1.165) is 31.7 Å². The molecule has 0 saturated heterocycles. The van der Waals surface area contributed by atoms with Gasteiger partial charge in [-0.1, -0.05) is 6.92 Å². The Bertz CT molecular complexity index is 347. The second kappa shape index (κ2) is 6.90. The third-order valence-electron chi connectivity index (χ3n) is 3.18. The van der Waals surface area contributed by atoms with Crippen molar-refractivity contribution >= 4 is 0 Å². The molecule has 4 heteroatoms. The normalized spacial score (nSPS) is 13.8. The van der Waals surface area contributed by atoms with Gasteiger partial charge in [-0.3, -0.25) is 4.68 Å². The average Bonchev–Trinajstić information content (AvgIpc) is 2.70. The van der Waals surface area contributed by atoms with Gasteiger partial charge >= 0.3 is 0 Å². The number of nitrogens with zero attached hydrogens (tertiary/aromatic N) is 2. The molecular formula is C14H27N3O. The van der Waals surface area contributed by atoms with Gasteiger partial charge in [0, 0.05) is 32.3 Å². The number of rotatable bonds is 8. The molecule has 4 nitrogen and oxygen atoms in total. The first-order valence-electron chi connectivity index (χ1n) is 6.85.